The van der Waals surface area contributed by atoms with E-state index in [0.717, 1.165) is 44.1 Å². The van der Waals surface area contributed by atoms with Crippen LogP contribution >= 0.6 is 0 Å². The van der Waals surface area contributed by atoms with E-state index in [-0.39, 0.29) is 17.5 Å². The number of esters is 1. The van der Waals surface area contributed by atoms with Gasteiger partial charge in [0.2, 0.25) is 0 Å². The number of benzene rings is 1. The normalized spacial score (nSPS) is 32.8. The third-order valence-electron chi connectivity index (χ3n) is 6.50. The van der Waals surface area contributed by atoms with E-state index in [4.69, 9.17) is 4.74 Å². The van der Waals surface area contributed by atoms with Crippen LogP contribution in [0.3, 0.4) is 0 Å². The number of ether oxygens (including phenoxy) is 1. The van der Waals surface area contributed by atoms with Crippen LogP contribution in [0.15, 0.2) is 30.3 Å². The average Bonchev–Trinajstić information content (AvgIpc) is 3.13. The summed E-state index contributed by atoms with van der Waals surface area (Å²) in [4.78, 5) is 15.6. The standard InChI is InChI=1S/C20H27NO2/c1-21-16-9-10-17(21)14-18(13-16)23-19(22)20(11-5-6-12-20)15-7-3-2-4-8-15/h2-4,7-8,16-18H,5-6,9-14H2,1H3/t16-,17+,18?. The number of fused-ring (bicyclic) bond motifs is 2. The summed E-state index contributed by atoms with van der Waals surface area (Å²) in [6, 6.07) is 11.5. The number of hydrogen-bond donors (Lipinski definition) is 0. The highest BCUT2D eigenvalue weighted by Gasteiger charge is 2.46. The van der Waals surface area contributed by atoms with Crippen molar-refractivity contribution in [1.82, 2.24) is 4.90 Å². The first kappa shape index (κ1) is 15.2. The van der Waals surface area contributed by atoms with Crippen LogP contribution in [0.2, 0.25) is 0 Å². The minimum absolute atomic E-state index is 0.0372. The Bertz CT molecular complexity index is 550. The number of nitrogens with zero attached hydrogens (tertiary/aromatic N) is 1. The second kappa shape index (κ2) is 5.94. The maximum absolute atomic E-state index is 13.1. The van der Waals surface area contributed by atoms with Crippen LogP contribution < -0.4 is 0 Å². The second-order valence-electron chi connectivity index (χ2n) is 7.70. The minimum Gasteiger partial charge on any atom is -0.462 e. The molecule has 0 radical (unpaired) electrons. The molecule has 0 spiro atoms. The summed E-state index contributed by atoms with van der Waals surface area (Å²) in [7, 11) is 2.23. The fourth-order valence-electron chi connectivity index (χ4n) is 5.07. The Morgan fingerprint density at radius 2 is 1.70 bits per heavy atom. The van der Waals surface area contributed by atoms with Gasteiger partial charge in [0.05, 0.1) is 5.41 Å². The molecule has 0 N–H and O–H groups in total. The van der Waals surface area contributed by atoms with Gasteiger partial charge in [0, 0.05) is 12.1 Å². The number of piperidine rings is 1. The van der Waals surface area contributed by atoms with Gasteiger partial charge in [-0.05, 0) is 51.1 Å². The second-order valence-corrected chi connectivity index (χ2v) is 7.70. The predicted molar refractivity (Wildman–Crippen MR) is 90.3 cm³/mol. The third-order valence-corrected chi connectivity index (χ3v) is 6.50. The van der Waals surface area contributed by atoms with Crippen LogP contribution in [0.1, 0.15) is 56.9 Å². The van der Waals surface area contributed by atoms with Crippen molar-refractivity contribution in [3.05, 3.63) is 35.9 Å². The van der Waals surface area contributed by atoms with Crippen molar-refractivity contribution in [1.29, 1.82) is 0 Å². The van der Waals surface area contributed by atoms with Gasteiger partial charge >= 0.3 is 5.97 Å². The third kappa shape index (κ3) is 2.59. The maximum atomic E-state index is 13.1. The molecule has 1 aromatic rings. The molecule has 2 aliphatic heterocycles. The lowest BCUT2D eigenvalue weighted by atomic mass is 9.79. The zero-order valence-corrected chi connectivity index (χ0v) is 14.0. The van der Waals surface area contributed by atoms with Crippen LogP contribution in [-0.4, -0.2) is 36.1 Å². The smallest absolute Gasteiger partial charge is 0.316 e. The summed E-state index contributed by atoms with van der Waals surface area (Å²) < 4.78 is 6.10. The van der Waals surface area contributed by atoms with E-state index in [1.807, 2.05) is 18.2 Å². The molecule has 4 rings (SSSR count). The Balaban J connectivity index is 1.51. The number of carbonyl (C=O) groups is 1. The molecule has 3 heteroatoms. The zero-order chi connectivity index (χ0) is 15.9. The molecule has 3 fully saturated rings. The first-order chi connectivity index (χ1) is 11.2. The highest BCUT2D eigenvalue weighted by molar-refractivity contribution is 5.83. The first-order valence-corrected chi connectivity index (χ1v) is 9.17. The van der Waals surface area contributed by atoms with Crippen molar-refractivity contribution in [3.63, 3.8) is 0 Å². The van der Waals surface area contributed by atoms with Crippen LogP contribution in [0, 0.1) is 0 Å². The molecule has 1 aliphatic carbocycles. The van der Waals surface area contributed by atoms with Gasteiger partial charge in [0.1, 0.15) is 6.10 Å². The molecular formula is C20H27NO2. The molecule has 2 saturated heterocycles. The lowest BCUT2D eigenvalue weighted by Gasteiger charge is -2.37. The largest absolute Gasteiger partial charge is 0.462 e. The summed E-state index contributed by atoms with van der Waals surface area (Å²) in [5.74, 6) is 0.0372. The van der Waals surface area contributed by atoms with Crippen LogP contribution in [0.25, 0.3) is 0 Å². The Labute approximate surface area is 139 Å². The number of rotatable bonds is 3. The van der Waals surface area contributed by atoms with E-state index >= 15 is 0 Å². The maximum Gasteiger partial charge on any atom is 0.316 e. The van der Waals surface area contributed by atoms with Crippen molar-refractivity contribution in [3.8, 4) is 0 Å². The molecule has 3 nitrogen and oxygen atoms in total. The van der Waals surface area contributed by atoms with Gasteiger partial charge in [0.15, 0.2) is 0 Å². The summed E-state index contributed by atoms with van der Waals surface area (Å²) >= 11 is 0. The topological polar surface area (TPSA) is 29.5 Å². The van der Waals surface area contributed by atoms with Crippen molar-refractivity contribution in [2.75, 3.05) is 7.05 Å². The first-order valence-electron chi connectivity index (χ1n) is 9.17. The summed E-state index contributed by atoms with van der Waals surface area (Å²) in [5, 5.41) is 0. The van der Waals surface area contributed by atoms with Crippen LogP contribution in [0.4, 0.5) is 0 Å². The Kier molecular flexibility index (Phi) is 3.92. The van der Waals surface area contributed by atoms with E-state index < -0.39 is 0 Å². The van der Waals surface area contributed by atoms with Gasteiger partial charge in [-0.3, -0.25) is 4.79 Å². The summed E-state index contributed by atoms with van der Waals surface area (Å²) in [5.41, 5.74) is 0.766. The molecule has 2 bridgehead atoms. The fourth-order valence-corrected chi connectivity index (χ4v) is 5.07. The van der Waals surface area contributed by atoms with Gasteiger partial charge in [-0.2, -0.15) is 0 Å². The Hall–Kier alpha value is -1.35. The molecule has 3 atom stereocenters. The SMILES string of the molecule is CN1[C@@H]2CC[C@H]1CC(OC(=O)C1(c3ccccc3)CCCC1)C2. The lowest BCUT2D eigenvalue weighted by Crippen LogP contribution is -2.45. The van der Waals surface area contributed by atoms with Gasteiger partial charge in [-0.15, -0.1) is 0 Å². The van der Waals surface area contributed by atoms with Crippen molar-refractivity contribution >= 4 is 5.97 Å². The Morgan fingerprint density at radius 1 is 1.09 bits per heavy atom. The molecule has 3 aliphatic rings. The quantitative estimate of drug-likeness (QED) is 0.798. The van der Waals surface area contributed by atoms with Gasteiger partial charge < -0.3 is 9.64 Å². The van der Waals surface area contributed by atoms with Gasteiger partial charge in [-0.25, -0.2) is 0 Å². The Morgan fingerprint density at radius 3 is 2.30 bits per heavy atom. The molecule has 1 unspecified atom stereocenters. The van der Waals surface area contributed by atoms with Crippen LogP contribution in [-0.2, 0) is 14.9 Å². The van der Waals surface area contributed by atoms with Crippen molar-refractivity contribution in [2.24, 2.45) is 0 Å². The van der Waals surface area contributed by atoms with E-state index in [0.29, 0.717) is 12.1 Å². The molecule has 0 amide bonds. The molecular weight excluding hydrogens is 286 g/mol. The highest BCUT2D eigenvalue weighted by atomic mass is 16.5. The highest BCUT2D eigenvalue weighted by Crippen LogP contribution is 2.43. The predicted octanol–water partition coefficient (Wildman–Crippen LogP) is 3.67. The van der Waals surface area contributed by atoms with Crippen molar-refractivity contribution < 1.29 is 9.53 Å². The fraction of sp³-hybridized carbons (Fsp3) is 0.650. The van der Waals surface area contributed by atoms with E-state index in [1.54, 1.807) is 0 Å². The monoisotopic (exact) mass is 313 g/mol. The van der Waals surface area contributed by atoms with E-state index in [2.05, 4.69) is 24.1 Å². The van der Waals surface area contributed by atoms with Gasteiger partial charge in [-0.1, -0.05) is 43.2 Å². The average molecular weight is 313 g/mol. The van der Waals surface area contributed by atoms with E-state index in [9.17, 15) is 4.79 Å². The molecule has 1 saturated carbocycles. The zero-order valence-electron chi connectivity index (χ0n) is 14.0. The summed E-state index contributed by atoms with van der Waals surface area (Å²) in [6.07, 6.45) is 8.82. The summed E-state index contributed by atoms with van der Waals surface area (Å²) in [6.45, 7) is 0. The molecule has 0 aromatic heterocycles. The van der Waals surface area contributed by atoms with Crippen LogP contribution in [0.5, 0.6) is 0 Å². The molecule has 2 heterocycles. The van der Waals surface area contributed by atoms with Gasteiger partial charge in [0.25, 0.3) is 0 Å². The van der Waals surface area contributed by atoms with Crippen molar-refractivity contribution in [2.45, 2.75) is 75.0 Å². The lowest BCUT2D eigenvalue weighted by molar-refractivity contribution is -0.159. The molecule has 124 valence electrons. The minimum atomic E-state index is -0.385. The molecule has 23 heavy (non-hydrogen) atoms. The number of hydrogen-bond acceptors (Lipinski definition) is 3. The number of carbonyl (C=O) groups excluding carboxylic acids is 1. The molecule has 1 aromatic carbocycles. The van der Waals surface area contributed by atoms with E-state index in [1.165, 1.54) is 12.8 Å².